The maximum Gasteiger partial charge on any atom is 0.132 e. The van der Waals surface area contributed by atoms with Crippen molar-refractivity contribution in [2.24, 2.45) is 0 Å². The molecule has 2 nitrogen and oxygen atoms in total. The molecule has 0 heterocycles. The minimum Gasteiger partial charge on any atom is -0.457 e. The molecule has 2 aromatic rings. The molecule has 0 aliphatic rings. The fraction of sp³-hybridized carbons (Fsp3) is 0.250. The lowest BCUT2D eigenvalue weighted by molar-refractivity contribution is 0.463. The molecule has 0 spiro atoms. The van der Waals surface area contributed by atoms with Crippen LogP contribution in [0.15, 0.2) is 53.0 Å². The minimum atomic E-state index is 0.272. The molecule has 0 aromatic heterocycles. The van der Waals surface area contributed by atoms with E-state index in [1.54, 1.807) is 0 Å². The van der Waals surface area contributed by atoms with Crippen LogP contribution >= 0.6 is 15.9 Å². The van der Waals surface area contributed by atoms with Crippen molar-refractivity contribution in [2.75, 3.05) is 6.54 Å². The van der Waals surface area contributed by atoms with E-state index in [4.69, 9.17) is 4.74 Å². The van der Waals surface area contributed by atoms with Gasteiger partial charge in [0.25, 0.3) is 0 Å². The van der Waals surface area contributed by atoms with Crippen molar-refractivity contribution in [3.63, 3.8) is 0 Å². The summed E-state index contributed by atoms with van der Waals surface area (Å²) in [6.45, 7) is 5.19. The summed E-state index contributed by atoms with van der Waals surface area (Å²) >= 11 is 3.46. The molecule has 0 saturated heterocycles. The van der Waals surface area contributed by atoms with Gasteiger partial charge >= 0.3 is 0 Å². The van der Waals surface area contributed by atoms with Gasteiger partial charge in [0.1, 0.15) is 11.5 Å². The quantitative estimate of drug-likeness (QED) is 0.845. The van der Waals surface area contributed by atoms with E-state index in [1.165, 1.54) is 5.56 Å². The van der Waals surface area contributed by atoms with E-state index in [0.29, 0.717) is 0 Å². The van der Waals surface area contributed by atoms with Gasteiger partial charge in [-0.05, 0) is 37.7 Å². The summed E-state index contributed by atoms with van der Waals surface area (Å²) in [5, 5.41) is 3.41. The fourth-order valence-corrected chi connectivity index (χ4v) is 2.38. The Bertz CT molecular complexity index is 542. The molecule has 0 radical (unpaired) electrons. The second-order valence-electron chi connectivity index (χ2n) is 4.38. The van der Waals surface area contributed by atoms with Gasteiger partial charge in [0.2, 0.25) is 0 Å². The number of rotatable bonds is 5. The van der Waals surface area contributed by atoms with E-state index in [-0.39, 0.29) is 6.04 Å². The van der Waals surface area contributed by atoms with Crippen molar-refractivity contribution in [3.8, 4) is 11.5 Å². The van der Waals surface area contributed by atoms with Crippen molar-refractivity contribution in [1.29, 1.82) is 0 Å². The summed E-state index contributed by atoms with van der Waals surface area (Å²) in [5.74, 6) is 1.74. The van der Waals surface area contributed by atoms with Crippen molar-refractivity contribution in [2.45, 2.75) is 19.9 Å². The minimum absolute atomic E-state index is 0.272. The van der Waals surface area contributed by atoms with Gasteiger partial charge in [-0.1, -0.05) is 47.1 Å². The predicted octanol–water partition coefficient (Wildman–Crippen LogP) is 4.91. The Kier molecular flexibility index (Phi) is 5.00. The molecule has 1 unspecified atom stereocenters. The van der Waals surface area contributed by atoms with E-state index in [9.17, 15) is 0 Å². The number of hydrogen-bond donors (Lipinski definition) is 1. The van der Waals surface area contributed by atoms with Gasteiger partial charge in [-0.15, -0.1) is 0 Å². The smallest absolute Gasteiger partial charge is 0.132 e. The van der Waals surface area contributed by atoms with Crippen molar-refractivity contribution in [1.82, 2.24) is 5.32 Å². The SMILES string of the molecule is CCNC(C)c1ccccc1Oc1cccc(Br)c1. The third kappa shape index (κ3) is 3.82. The zero-order chi connectivity index (χ0) is 13.7. The largest absolute Gasteiger partial charge is 0.457 e. The van der Waals surface area contributed by atoms with Gasteiger partial charge in [0.05, 0.1) is 0 Å². The Hall–Kier alpha value is -1.32. The van der Waals surface area contributed by atoms with Crippen LogP contribution in [0, 0.1) is 0 Å². The number of ether oxygens (including phenoxy) is 1. The van der Waals surface area contributed by atoms with Gasteiger partial charge in [0.15, 0.2) is 0 Å². The van der Waals surface area contributed by atoms with Crippen LogP contribution in [0.3, 0.4) is 0 Å². The second kappa shape index (κ2) is 6.73. The van der Waals surface area contributed by atoms with Crippen LogP contribution in [0.2, 0.25) is 0 Å². The highest BCUT2D eigenvalue weighted by molar-refractivity contribution is 9.10. The number of para-hydroxylation sites is 1. The summed E-state index contributed by atoms with van der Waals surface area (Å²) in [7, 11) is 0. The molecule has 0 aliphatic heterocycles. The van der Waals surface area contributed by atoms with E-state index in [0.717, 1.165) is 22.5 Å². The van der Waals surface area contributed by atoms with Gasteiger partial charge in [0, 0.05) is 16.1 Å². The number of nitrogens with one attached hydrogen (secondary N) is 1. The lowest BCUT2D eigenvalue weighted by Gasteiger charge is -2.17. The highest BCUT2D eigenvalue weighted by atomic mass is 79.9. The molecule has 3 heteroatoms. The first-order chi connectivity index (χ1) is 9.20. The Morgan fingerprint density at radius 3 is 2.68 bits per heavy atom. The molecule has 0 fully saturated rings. The van der Waals surface area contributed by atoms with Gasteiger partial charge in [-0.25, -0.2) is 0 Å². The highest BCUT2D eigenvalue weighted by Gasteiger charge is 2.10. The monoisotopic (exact) mass is 319 g/mol. The Morgan fingerprint density at radius 1 is 1.16 bits per heavy atom. The van der Waals surface area contributed by atoms with E-state index < -0.39 is 0 Å². The topological polar surface area (TPSA) is 21.3 Å². The Labute approximate surface area is 122 Å². The second-order valence-corrected chi connectivity index (χ2v) is 5.29. The number of halogens is 1. The molecular weight excluding hydrogens is 302 g/mol. The van der Waals surface area contributed by atoms with Crippen LogP contribution in [-0.2, 0) is 0 Å². The number of hydrogen-bond acceptors (Lipinski definition) is 2. The Balaban J connectivity index is 2.25. The molecular formula is C16H18BrNO. The molecule has 0 saturated carbocycles. The summed E-state index contributed by atoms with van der Waals surface area (Å²) < 4.78 is 7.00. The number of benzene rings is 2. The summed E-state index contributed by atoms with van der Waals surface area (Å²) in [6.07, 6.45) is 0. The van der Waals surface area contributed by atoms with Crippen molar-refractivity contribution >= 4 is 15.9 Å². The highest BCUT2D eigenvalue weighted by Crippen LogP contribution is 2.30. The first-order valence-electron chi connectivity index (χ1n) is 6.46. The summed E-state index contributed by atoms with van der Waals surface area (Å²) in [5.41, 5.74) is 1.17. The van der Waals surface area contributed by atoms with Crippen LogP contribution in [-0.4, -0.2) is 6.54 Å². The average molecular weight is 320 g/mol. The van der Waals surface area contributed by atoms with Gasteiger partial charge in [-0.3, -0.25) is 0 Å². The fourth-order valence-electron chi connectivity index (χ4n) is 2.00. The van der Waals surface area contributed by atoms with E-state index >= 15 is 0 Å². The first kappa shape index (κ1) is 14.1. The van der Waals surface area contributed by atoms with E-state index in [2.05, 4.69) is 41.2 Å². The molecule has 1 N–H and O–H groups in total. The van der Waals surface area contributed by atoms with Crippen LogP contribution in [0.5, 0.6) is 11.5 Å². The molecule has 19 heavy (non-hydrogen) atoms. The molecule has 1 atom stereocenters. The molecule has 2 rings (SSSR count). The van der Waals surface area contributed by atoms with Gasteiger partial charge in [-0.2, -0.15) is 0 Å². The van der Waals surface area contributed by atoms with Crippen molar-refractivity contribution < 1.29 is 4.74 Å². The third-order valence-corrected chi connectivity index (χ3v) is 3.41. The van der Waals surface area contributed by atoms with E-state index in [1.807, 2.05) is 42.5 Å². The third-order valence-electron chi connectivity index (χ3n) is 2.92. The zero-order valence-electron chi connectivity index (χ0n) is 11.2. The first-order valence-corrected chi connectivity index (χ1v) is 7.25. The van der Waals surface area contributed by atoms with Gasteiger partial charge < -0.3 is 10.1 Å². The summed E-state index contributed by atoms with van der Waals surface area (Å²) in [4.78, 5) is 0. The maximum atomic E-state index is 5.99. The van der Waals surface area contributed by atoms with Crippen LogP contribution < -0.4 is 10.1 Å². The summed E-state index contributed by atoms with van der Waals surface area (Å²) in [6, 6.07) is 16.3. The van der Waals surface area contributed by atoms with Crippen molar-refractivity contribution in [3.05, 3.63) is 58.6 Å². The zero-order valence-corrected chi connectivity index (χ0v) is 12.8. The average Bonchev–Trinajstić information content (AvgIpc) is 2.39. The van der Waals surface area contributed by atoms with Crippen LogP contribution in [0.1, 0.15) is 25.5 Å². The lowest BCUT2D eigenvalue weighted by Crippen LogP contribution is -2.18. The molecule has 0 bridgehead atoms. The lowest BCUT2D eigenvalue weighted by atomic mass is 10.1. The molecule has 100 valence electrons. The standard InChI is InChI=1S/C16H18BrNO/c1-3-18-12(2)15-9-4-5-10-16(15)19-14-8-6-7-13(17)11-14/h4-12,18H,3H2,1-2H3. The molecule has 2 aromatic carbocycles. The predicted molar refractivity (Wildman–Crippen MR) is 82.7 cm³/mol. The van der Waals surface area contributed by atoms with Crippen LogP contribution in [0.25, 0.3) is 0 Å². The molecule has 0 amide bonds. The Morgan fingerprint density at radius 2 is 1.95 bits per heavy atom. The van der Waals surface area contributed by atoms with Crippen LogP contribution in [0.4, 0.5) is 0 Å². The normalized spacial score (nSPS) is 12.2. The molecule has 0 aliphatic carbocycles. The maximum absolute atomic E-state index is 5.99.